The third-order valence-corrected chi connectivity index (χ3v) is 2.87. The number of ether oxygens (including phenoxy) is 1. The highest BCUT2D eigenvalue weighted by atomic mass is 32.1. The minimum Gasteiger partial charge on any atom is -0.370 e. The molecule has 0 aliphatic heterocycles. The maximum absolute atomic E-state index is 5.57. The molecule has 4 nitrogen and oxygen atoms in total. The molecule has 2 N–H and O–H groups in total. The minimum atomic E-state index is -0.480. The van der Waals surface area contributed by atoms with Crippen LogP contribution < -0.4 is 5.73 Å². The predicted octanol–water partition coefficient (Wildman–Crippen LogP) is 0.667. The number of methoxy groups -OCH3 is 1. The van der Waals surface area contributed by atoms with E-state index in [0.717, 1.165) is 10.8 Å². The Balaban J connectivity index is 2.94. The fraction of sp³-hybridized carbons (Fsp3) is 0.714. The molecule has 68 valence electrons. The van der Waals surface area contributed by atoms with Gasteiger partial charge in [0.1, 0.15) is 16.4 Å². The van der Waals surface area contributed by atoms with Gasteiger partial charge in [-0.05, 0) is 25.4 Å². The molecule has 0 aliphatic rings. The molecular weight excluding hydrogens is 174 g/mol. The highest BCUT2D eigenvalue weighted by Crippen LogP contribution is 2.24. The maximum Gasteiger partial charge on any atom is 0.146 e. The summed E-state index contributed by atoms with van der Waals surface area (Å²) in [6, 6.07) is 0. The third kappa shape index (κ3) is 1.63. The van der Waals surface area contributed by atoms with Crippen LogP contribution in [0.25, 0.3) is 0 Å². The first-order chi connectivity index (χ1) is 5.62. The molecule has 1 aromatic heterocycles. The average molecular weight is 187 g/mol. The Bertz CT molecular complexity index is 257. The lowest BCUT2D eigenvalue weighted by atomic mass is 10.1. The van der Waals surface area contributed by atoms with Gasteiger partial charge in [-0.2, -0.15) is 4.37 Å². The molecule has 0 aliphatic carbocycles. The fourth-order valence-corrected chi connectivity index (χ4v) is 1.56. The normalized spacial score (nSPS) is 16.0. The van der Waals surface area contributed by atoms with Crippen LogP contribution in [0.4, 0.5) is 0 Å². The summed E-state index contributed by atoms with van der Waals surface area (Å²) < 4.78 is 9.34. The van der Waals surface area contributed by atoms with Crippen LogP contribution in [-0.2, 0) is 10.3 Å². The van der Waals surface area contributed by atoms with Gasteiger partial charge in [0.2, 0.25) is 0 Å². The summed E-state index contributed by atoms with van der Waals surface area (Å²) in [7, 11) is 1.63. The minimum absolute atomic E-state index is 0.415. The second kappa shape index (κ2) is 3.47. The zero-order valence-corrected chi connectivity index (χ0v) is 8.31. The lowest BCUT2D eigenvalue weighted by Crippen LogP contribution is -2.33. The van der Waals surface area contributed by atoms with E-state index in [0.29, 0.717) is 6.54 Å². The van der Waals surface area contributed by atoms with E-state index < -0.39 is 5.60 Å². The van der Waals surface area contributed by atoms with Gasteiger partial charge in [0, 0.05) is 13.7 Å². The summed E-state index contributed by atoms with van der Waals surface area (Å²) in [6.07, 6.45) is 0. The van der Waals surface area contributed by atoms with E-state index in [9.17, 15) is 0 Å². The maximum atomic E-state index is 5.57. The monoisotopic (exact) mass is 187 g/mol. The van der Waals surface area contributed by atoms with E-state index >= 15 is 0 Å². The Morgan fingerprint density at radius 2 is 2.33 bits per heavy atom. The second-order valence-electron chi connectivity index (χ2n) is 2.79. The number of aryl methyl sites for hydroxylation is 1. The molecule has 0 aromatic carbocycles. The molecule has 0 saturated carbocycles. The molecule has 1 rings (SSSR count). The number of nitrogens with two attached hydrogens (primary N) is 1. The molecule has 0 radical (unpaired) electrons. The largest absolute Gasteiger partial charge is 0.370 e. The van der Waals surface area contributed by atoms with E-state index in [1.54, 1.807) is 7.11 Å². The summed E-state index contributed by atoms with van der Waals surface area (Å²) in [4.78, 5) is 4.23. The average Bonchev–Trinajstić information content (AvgIpc) is 2.51. The van der Waals surface area contributed by atoms with E-state index in [2.05, 4.69) is 9.36 Å². The zero-order chi connectivity index (χ0) is 9.19. The van der Waals surface area contributed by atoms with Gasteiger partial charge in [-0.1, -0.05) is 0 Å². The summed E-state index contributed by atoms with van der Waals surface area (Å²) in [5.41, 5.74) is 5.09. The lowest BCUT2D eigenvalue weighted by Gasteiger charge is -2.22. The van der Waals surface area contributed by atoms with Gasteiger partial charge in [-0.25, -0.2) is 4.98 Å². The molecule has 0 saturated heterocycles. The van der Waals surface area contributed by atoms with Crippen LogP contribution in [-0.4, -0.2) is 23.0 Å². The predicted molar refractivity (Wildman–Crippen MR) is 48.1 cm³/mol. The lowest BCUT2D eigenvalue weighted by molar-refractivity contribution is 0.00982. The summed E-state index contributed by atoms with van der Waals surface area (Å²) in [6.45, 7) is 4.18. The quantitative estimate of drug-likeness (QED) is 0.755. The van der Waals surface area contributed by atoms with Gasteiger partial charge < -0.3 is 10.5 Å². The smallest absolute Gasteiger partial charge is 0.146 e. The van der Waals surface area contributed by atoms with Crippen LogP contribution >= 0.6 is 11.5 Å². The summed E-state index contributed by atoms with van der Waals surface area (Å²) in [5.74, 6) is 0.770. The number of hydrogen-bond acceptors (Lipinski definition) is 5. The third-order valence-electron chi connectivity index (χ3n) is 1.82. The molecule has 1 unspecified atom stereocenters. The van der Waals surface area contributed by atoms with Crippen molar-refractivity contribution >= 4 is 11.5 Å². The number of nitrogens with zero attached hydrogens (tertiary/aromatic N) is 2. The summed E-state index contributed by atoms with van der Waals surface area (Å²) in [5, 5.41) is 0.838. The van der Waals surface area contributed by atoms with Crippen LogP contribution in [0.3, 0.4) is 0 Å². The number of aromatic nitrogens is 2. The molecule has 1 heterocycles. The van der Waals surface area contributed by atoms with Crippen LogP contribution in [0.1, 0.15) is 17.8 Å². The van der Waals surface area contributed by atoms with Crippen molar-refractivity contribution < 1.29 is 4.74 Å². The van der Waals surface area contributed by atoms with E-state index in [1.165, 1.54) is 11.5 Å². The van der Waals surface area contributed by atoms with Crippen molar-refractivity contribution in [1.29, 1.82) is 0 Å². The SMILES string of the molecule is COC(C)(CN)c1nc(C)ns1. The van der Waals surface area contributed by atoms with E-state index in [1.807, 2.05) is 13.8 Å². The highest BCUT2D eigenvalue weighted by Gasteiger charge is 2.28. The second-order valence-corrected chi connectivity index (χ2v) is 3.54. The summed E-state index contributed by atoms with van der Waals surface area (Å²) >= 11 is 1.34. The Hall–Kier alpha value is -0.520. The Labute approximate surface area is 75.9 Å². The zero-order valence-electron chi connectivity index (χ0n) is 7.50. The molecule has 5 heteroatoms. The van der Waals surface area contributed by atoms with E-state index in [4.69, 9.17) is 10.5 Å². The van der Waals surface area contributed by atoms with Crippen LogP contribution in [0, 0.1) is 6.92 Å². The highest BCUT2D eigenvalue weighted by molar-refractivity contribution is 7.05. The Morgan fingerprint density at radius 3 is 2.67 bits per heavy atom. The molecular formula is C7H13N3OS. The Kier molecular flexibility index (Phi) is 2.76. The van der Waals surface area contributed by atoms with Crippen molar-refractivity contribution in [3.8, 4) is 0 Å². The van der Waals surface area contributed by atoms with Crippen molar-refractivity contribution in [3.05, 3.63) is 10.8 Å². The first-order valence-corrected chi connectivity index (χ1v) is 4.46. The van der Waals surface area contributed by atoms with Crippen LogP contribution in [0.2, 0.25) is 0 Å². The van der Waals surface area contributed by atoms with Crippen molar-refractivity contribution in [1.82, 2.24) is 9.36 Å². The molecule has 0 amide bonds. The van der Waals surface area contributed by atoms with Crippen LogP contribution in [0.15, 0.2) is 0 Å². The molecule has 12 heavy (non-hydrogen) atoms. The molecule has 1 atom stereocenters. The first kappa shape index (κ1) is 9.57. The van der Waals surface area contributed by atoms with Crippen molar-refractivity contribution in [2.24, 2.45) is 5.73 Å². The van der Waals surface area contributed by atoms with Crippen molar-refractivity contribution in [2.75, 3.05) is 13.7 Å². The fourth-order valence-electron chi connectivity index (χ4n) is 0.770. The number of rotatable bonds is 3. The van der Waals surface area contributed by atoms with Crippen molar-refractivity contribution in [2.45, 2.75) is 19.4 Å². The molecule has 0 spiro atoms. The topological polar surface area (TPSA) is 61.0 Å². The van der Waals surface area contributed by atoms with E-state index in [-0.39, 0.29) is 0 Å². The van der Waals surface area contributed by atoms with Gasteiger partial charge in [0.15, 0.2) is 0 Å². The molecule has 0 bridgehead atoms. The standard InChI is InChI=1S/C7H13N3OS/c1-5-9-6(12-10-5)7(2,4-8)11-3/h4,8H2,1-3H3. The van der Waals surface area contributed by atoms with Gasteiger partial charge in [0.05, 0.1) is 0 Å². The van der Waals surface area contributed by atoms with Crippen LogP contribution in [0.5, 0.6) is 0 Å². The van der Waals surface area contributed by atoms with Gasteiger partial charge in [-0.15, -0.1) is 0 Å². The van der Waals surface area contributed by atoms with Gasteiger partial charge in [-0.3, -0.25) is 0 Å². The molecule has 0 fully saturated rings. The van der Waals surface area contributed by atoms with Gasteiger partial charge >= 0.3 is 0 Å². The van der Waals surface area contributed by atoms with Crippen molar-refractivity contribution in [3.63, 3.8) is 0 Å². The van der Waals surface area contributed by atoms with Gasteiger partial charge in [0.25, 0.3) is 0 Å². The number of hydrogen-bond donors (Lipinski definition) is 1. The Morgan fingerprint density at radius 1 is 1.67 bits per heavy atom. The first-order valence-electron chi connectivity index (χ1n) is 3.68. The molecule has 1 aromatic rings.